The number of nitrogens with zero attached hydrogens (tertiary/aromatic N) is 1. The minimum Gasteiger partial charge on any atom is -0.292 e. The van der Waals surface area contributed by atoms with Gasteiger partial charge in [-0.05, 0) is 35.9 Å². The van der Waals surface area contributed by atoms with E-state index in [4.69, 9.17) is 11.6 Å². The van der Waals surface area contributed by atoms with E-state index >= 15 is 0 Å². The summed E-state index contributed by atoms with van der Waals surface area (Å²) in [7, 11) is 0. The molecule has 0 atom stereocenters. The Bertz CT molecular complexity index is 542. The zero-order valence-electron chi connectivity index (χ0n) is 8.86. The monoisotopic (exact) mass is 249 g/mol. The van der Waals surface area contributed by atoms with Crippen LogP contribution in [0.1, 0.15) is 16.1 Å². The van der Waals surface area contributed by atoms with Crippen LogP contribution in [0, 0.1) is 5.82 Å². The lowest BCUT2D eigenvalue weighted by molar-refractivity contribution is 0.0988. The average molecular weight is 250 g/mol. The Kier molecular flexibility index (Phi) is 3.49. The third kappa shape index (κ3) is 2.88. The molecule has 0 aliphatic heterocycles. The van der Waals surface area contributed by atoms with Crippen molar-refractivity contribution < 1.29 is 9.18 Å². The maximum absolute atomic E-state index is 13.0. The van der Waals surface area contributed by atoms with Gasteiger partial charge >= 0.3 is 0 Å². The lowest BCUT2D eigenvalue weighted by Crippen LogP contribution is -2.06. The Morgan fingerprint density at radius 2 is 2.12 bits per heavy atom. The van der Waals surface area contributed by atoms with Crippen molar-refractivity contribution in [3.63, 3.8) is 0 Å². The highest BCUT2D eigenvalue weighted by atomic mass is 35.5. The molecular formula is C13H9ClFNO. The van der Waals surface area contributed by atoms with Gasteiger partial charge in [-0.3, -0.25) is 9.78 Å². The molecule has 0 saturated heterocycles. The van der Waals surface area contributed by atoms with Crippen LogP contribution >= 0.6 is 11.6 Å². The predicted molar refractivity (Wildman–Crippen MR) is 63.7 cm³/mol. The number of pyridine rings is 1. The number of carbonyl (C=O) groups excluding carboxylic acids is 1. The van der Waals surface area contributed by atoms with Crippen molar-refractivity contribution in [3.05, 3.63) is 64.7 Å². The number of Topliss-reactive ketones (excluding diaryl/α,β-unsaturated/α-hetero) is 1. The molecule has 0 saturated carbocycles. The van der Waals surface area contributed by atoms with Crippen LogP contribution in [0.4, 0.5) is 4.39 Å². The maximum Gasteiger partial charge on any atom is 0.185 e. The SMILES string of the molecule is O=C(Cc1cc(F)ccc1Cl)c1ccccn1. The summed E-state index contributed by atoms with van der Waals surface area (Å²) < 4.78 is 13.0. The molecule has 0 aliphatic rings. The molecule has 0 amide bonds. The van der Waals surface area contributed by atoms with Crippen molar-refractivity contribution >= 4 is 17.4 Å². The molecular weight excluding hydrogens is 241 g/mol. The fraction of sp³-hybridized carbons (Fsp3) is 0.0769. The van der Waals surface area contributed by atoms with Gasteiger partial charge in [-0.15, -0.1) is 0 Å². The van der Waals surface area contributed by atoms with Gasteiger partial charge in [0.1, 0.15) is 11.5 Å². The Balaban J connectivity index is 2.22. The topological polar surface area (TPSA) is 30.0 Å². The van der Waals surface area contributed by atoms with Crippen molar-refractivity contribution in [2.75, 3.05) is 0 Å². The summed E-state index contributed by atoms with van der Waals surface area (Å²) in [4.78, 5) is 15.8. The minimum absolute atomic E-state index is 0.0492. The summed E-state index contributed by atoms with van der Waals surface area (Å²) in [6.07, 6.45) is 1.59. The second-order valence-electron chi connectivity index (χ2n) is 3.55. The summed E-state index contributed by atoms with van der Waals surface area (Å²) in [5, 5.41) is 0.385. The van der Waals surface area contributed by atoms with E-state index in [1.165, 1.54) is 18.2 Å². The minimum atomic E-state index is -0.404. The first-order valence-electron chi connectivity index (χ1n) is 5.05. The van der Waals surface area contributed by atoms with E-state index in [-0.39, 0.29) is 12.2 Å². The zero-order valence-corrected chi connectivity index (χ0v) is 9.62. The summed E-state index contributed by atoms with van der Waals surface area (Å²) >= 11 is 5.89. The van der Waals surface area contributed by atoms with Crippen LogP contribution in [0.25, 0.3) is 0 Å². The van der Waals surface area contributed by atoms with Gasteiger partial charge in [0.25, 0.3) is 0 Å². The summed E-state index contributed by atoms with van der Waals surface area (Å²) in [6, 6.07) is 9.05. The molecule has 2 aromatic rings. The highest BCUT2D eigenvalue weighted by Gasteiger charge is 2.11. The number of benzene rings is 1. The van der Waals surface area contributed by atoms with E-state index in [1.54, 1.807) is 24.4 Å². The fourth-order valence-corrected chi connectivity index (χ4v) is 1.65. The Morgan fingerprint density at radius 3 is 2.82 bits per heavy atom. The molecule has 0 N–H and O–H groups in total. The van der Waals surface area contributed by atoms with E-state index < -0.39 is 5.82 Å². The van der Waals surface area contributed by atoms with E-state index in [0.717, 1.165) is 0 Å². The summed E-state index contributed by atoms with van der Waals surface area (Å²) in [5.74, 6) is -0.587. The number of ketones is 1. The number of carbonyl (C=O) groups is 1. The lowest BCUT2D eigenvalue weighted by atomic mass is 10.1. The highest BCUT2D eigenvalue weighted by molar-refractivity contribution is 6.31. The van der Waals surface area contributed by atoms with Crippen LogP contribution < -0.4 is 0 Å². The molecule has 2 nitrogen and oxygen atoms in total. The molecule has 0 unspecified atom stereocenters. The summed E-state index contributed by atoms with van der Waals surface area (Å²) in [5.41, 5.74) is 0.829. The van der Waals surface area contributed by atoms with E-state index in [2.05, 4.69) is 4.98 Å². The Hall–Kier alpha value is -1.74. The van der Waals surface area contributed by atoms with Gasteiger partial charge < -0.3 is 0 Å². The first kappa shape index (κ1) is 11.7. The number of aromatic nitrogens is 1. The van der Waals surface area contributed by atoms with Crippen molar-refractivity contribution in [2.24, 2.45) is 0 Å². The van der Waals surface area contributed by atoms with Crippen LogP contribution in [0.3, 0.4) is 0 Å². The Labute approximate surface area is 103 Å². The average Bonchev–Trinajstić information content (AvgIpc) is 2.35. The lowest BCUT2D eigenvalue weighted by Gasteiger charge is -2.03. The molecule has 86 valence electrons. The van der Waals surface area contributed by atoms with E-state index in [1.807, 2.05) is 0 Å². The largest absolute Gasteiger partial charge is 0.292 e. The van der Waals surface area contributed by atoms with Crippen molar-refractivity contribution in [1.82, 2.24) is 4.98 Å². The van der Waals surface area contributed by atoms with Gasteiger partial charge in [0.2, 0.25) is 0 Å². The quantitative estimate of drug-likeness (QED) is 0.782. The van der Waals surface area contributed by atoms with Crippen LogP contribution in [0.5, 0.6) is 0 Å². The van der Waals surface area contributed by atoms with Crippen LogP contribution in [-0.4, -0.2) is 10.8 Å². The van der Waals surface area contributed by atoms with E-state index in [0.29, 0.717) is 16.3 Å². The number of hydrogen-bond acceptors (Lipinski definition) is 2. The molecule has 2 rings (SSSR count). The third-order valence-electron chi connectivity index (χ3n) is 2.31. The number of hydrogen-bond donors (Lipinski definition) is 0. The van der Waals surface area contributed by atoms with Gasteiger partial charge in [-0.2, -0.15) is 0 Å². The summed E-state index contributed by atoms with van der Waals surface area (Å²) in [6.45, 7) is 0. The maximum atomic E-state index is 13.0. The molecule has 0 bridgehead atoms. The zero-order chi connectivity index (χ0) is 12.3. The van der Waals surface area contributed by atoms with Gasteiger partial charge in [0, 0.05) is 17.6 Å². The molecule has 1 aromatic heterocycles. The van der Waals surface area contributed by atoms with Gasteiger partial charge in [-0.1, -0.05) is 17.7 Å². The van der Waals surface area contributed by atoms with Gasteiger partial charge in [0.05, 0.1) is 0 Å². The molecule has 0 radical (unpaired) electrons. The molecule has 0 spiro atoms. The van der Waals surface area contributed by atoms with Crippen LogP contribution in [0.15, 0.2) is 42.6 Å². The second kappa shape index (κ2) is 5.06. The van der Waals surface area contributed by atoms with Crippen molar-refractivity contribution in [1.29, 1.82) is 0 Å². The fourth-order valence-electron chi connectivity index (χ4n) is 1.47. The first-order valence-corrected chi connectivity index (χ1v) is 5.43. The Morgan fingerprint density at radius 1 is 1.29 bits per heavy atom. The van der Waals surface area contributed by atoms with Gasteiger partial charge in [0.15, 0.2) is 5.78 Å². The molecule has 17 heavy (non-hydrogen) atoms. The molecule has 0 aliphatic carbocycles. The van der Waals surface area contributed by atoms with Crippen LogP contribution in [0.2, 0.25) is 5.02 Å². The number of rotatable bonds is 3. The number of halogens is 2. The van der Waals surface area contributed by atoms with Crippen molar-refractivity contribution in [2.45, 2.75) is 6.42 Å². The van der Waals surface area contributed by atoms with Gasteiger partial charge in [-0.25, -0.2) is 4.39 Å². The smallest absolute Gasteiger partial charge is 0.185 e. The molecule has 4 heteroatoms. The molecule has 0 fully saturated rings. The second-order valence-corrected chi connectivity index (χ2v) is 3.96. The third-order valence-corrected chi connectivity index (χ3v) is 2.68. The predicted octanol–water partition coefficient (Wildman–Crippen LogP) is 3.30. The normalized spacial score (nSPS) is 10.2. The van der Waals surface area contributed by atoms with Crippen molar-refractivity contribution in [3.8, 4) is 0 Å². The first-order chi connectivity index (χ1) is 8.16. The molecule has 1 aromatic carbocycles. The molecule has 1 heterocycles. The highest BCUT2D eigenvalue weighted by Crippen LogP contribution is 2.18. The van der Waals surface area contributed by atoms with E-state index in [9.17, 15) is 9.18 Å². The standard InChI is InChI=1S/C13H9ClFNO/c14-11-5-4-10(15)7-9(11)8-13(17)12-3-1-2-6-16-12/h1-7H,8H2. The van der Waals surface area contributed by atoms with Crippen LogP contribution in [-0.2, 0) is 6.42 Å².